The maximum atomic E-state index is 13.9. The molecule has 0 saturated carbocycles. The first-order valence-corrected chi connectivity index (χ1v) is 17.3. The lowest BCUT2D eigenvalue weighted by Crippen LogP contribution is -2.51. The Labute approximate surface area is 275 Å². The summed E-state index contributed by atoms with van der Waals surface area (Å²) >= 11 is 7.53. The van der Waals surface area contributed by atoms with Crippen molar-refractivity contribution in [1.29, 1.82) is 0 Å². The van der Waals surface area contributed by atoms with Gasteiger partial charge in [-0.15, -0.1) is 11.3 Å². The lowest BCUT2D eigenvalue weighted by Gasteiger charge is -2.40. The van der Waals surface area contributed by atoms with Crippen molar-refractivity contribution >= 4 is 46.5 Å². The van der Waals surface area contributed by atoms with E-state index in [1.807, 2.05) is 15.7 Å². The van der Waals surface area contributed by atoms with E-state index in [4.69, 9.17) is 11.6 Å². The molecule has 2 N–H and O–H groups in total. The van der Waals surface area contributed by atoms with Crippen LogP contribution in [0.4, 0.5) is 23.7 Å². The molecule has 4 amide bonds. The molecule has 14 heteroatoms. The number of piperidine rings is 2. The van der Waals surface area contributed by atoms with Gasteiger partial charge in [0.2, 0.25) is 11.8 Å². The highest BCUT2D eigenvalue weighted by atomic mass is 35.5. The van der Waals surface area contributed by atoms with Gasteiger partial charge in [0.05, 0.1) is 28.7 Å². The van der Waals surface area contributed by atoms with E-state index in [0.29, 0.717) is 51.6 Å². The Morgan fingerprint density at radius 1 is 0.978 bits per heavy atom. The molecule has 4 aliphatic heterocycles. The summed E-state index contributed by atoms with van der Waals surface area (Å²) in [6, 6.07) is 2.28. The van der Waals surface area contributed by atoms with E-state index < -0.39 is 28.4 Å². The standard InChI is InChI=1S/C32H39ClF3N5O4S/c33-26-15-20(14-25(29(26)43)32(34,35)36)13-21(30(44)40-11-3-23(4-12-40)38-7-1-2-8-38)16-28(42)39-9-5-24(6-10-39)41-17-22-18-46-19-27(22)37-31(41)45/h14-15,18-19,21,23-24,43H,1-13,16-17H2,(H,37,45)/t21-/m0/s1. The van der Waals surface area contributed by atoms with Gasteiger partial charge in [0, 0.05) is 55.6 Å². The number of hydrogen-bond acceptors (Lipinski definition) is 6. The zero-order valence-corrected chi connectivity index (χ0v) is 27.1. The number of aromatic hydroxyl groups is 1. The normalized spacial score (nSPS) is 21.0. The molecule has 1 atom stereocenters. The van der Waals surface area contributed by atoms with Crippen molar-refractivity contribution < 1.29 is 32.7 Å². The number of benzene rings is 1. The van der Waals surface area contributed by atoms with Crippen molar-refractivity contribution in [3.63, 3.8) is 0 Å². The first-order chi connectivity index (χ1) is 22.0. The number of phenolic OH excluding ortho intramolecular Hbond substituents is 1. The SMILES string of the molecule is O=C(C[C@H](Cc1cc(Cl)c(O)c(C(F)(F)F)c1)C(=O)N1CCC(N2CCCC2)CC1)N1CCC(N2Cc3cscc3NC2=O)CC1. The minimum atomic E-state index is -4.84. The zero-order chi connectivity index (χ0) is 32.6. The van der Waals surface area contributed by atoms with E-state index >= 15 is 0 Å². The minimum absolute atomic E-state index is 0.0358. The number of phenols is 1. The average molecular weight is 682 g/mol. The molecule has 4 aliphatic rings. The Morgan fingerprint density at radius 3 is 2.30 bits per heavy atom. The van der Waals surface area contributed by atoms with E-state index in [0.717, 1.165) is 43.2 Å². The third-order valence-corrected chi connectivity index (χ3v) is 11.0. The van der Waals surface area contributed by atoms with Crippen LogP contribution in [0.3, 0.4) is 0 Å². The number of thiophene rings is 1. The molecule has 250 valence electrons. The van der Waals surface area contributed by atoms with Gasteiger partial charge in [0.25, 0.3) is 0 Å². The average Bonchev–Trinajstić information content (AvgIpc) is 3.74. The fourth-order valence-corrected chi connectivity index (χ4v) is 8.42. The lowest BCUT2D eigenvalue weighted by molar-refractivity contribution is -0.143. The molecule has 0 spiro atoms. The lowest BCUT2D eigenvalue weighted by atomic mass is 9.91. The second-order valence-corrected chi connectivity index (χ2v) is 14.0. The molecule has 3 saturated heterocycles. The zero-order valence-electron chi connectivity index (χ0n) is 25.5. The summed E-state index contributed by atoms with van der Waals surface area (Å²) in [5.41, 5.74) is 0.775. The third kappa shape index (κ3) is 7.11. The van der Waals surface area contributed by atoms with E-state index in [2.05, 4.69) is 10.2 Å². The maximum absolute atomic E-state index is 13.9. The van der Waals surface area contributed by atoms with E-state index in [9.17, 15) is 32.7 Å². The van der Waals surface area contributed by atoms with Crippen molar-refractivity contribution in [3.8, 4) is 5.75 Å². The van der Waals surface area contributed by atoms with Crippen LogP contribution in [0.5, 0.6) is 5.75 Å². The number of likely N-dealkylation sites (tertiary alicyclic amines) is 3. The van der Waals surface area contributed by atoms with Crippen LogP contribution in [0, 0.1) is 5.92 Å². The van der Waals surface area contributed by atoms with Crippen LogP contribution in [0.2, 0.25) is 5.02 Å². The van der Waals surface area contributed by atoms with Gasteiger partial charge in [0.1, 0.15) is 5.75 Å². The van der Waals surface area contributed by atoms with Crippen LogP contribution in [0.1, 0.15) is 61.6 Å². The van der Waals surface area contributed by atoms with Crippen LogP contribution >= 0.6 is 22.9 Å². The van der Waals surface area contributed by atoms with Crippen LogP contribution in [-0.4, -0.2) is 93.9 Å². The van der Waals surface area contributed by atoms with Gasteiger partial charge < -0.3 is 30.0 Å². The first kappa shape index (κ1) is 32.9. The fraction of sp³-hybridized carbons (Fsp3) is 0.594. The van der Waals surface area contributed by atoms with Gasteiger partial charge in [-0.25, -0.2) is 4.79 Å². The molecule has 2 aromatic rings. The summed E-state index contributed by atoms with van der Waals surface area (Å²) < 4.78 is 41.0. The highest BCUT2D eigenvalue weighted by Gasteiger charge is 2.38. The third-order valence-electron chi connectivity index (χ3n) is 9.96. The number of carbonyl (C=O) groups excluding carboxylic acids is 3. The highest BCUT2D eigenvalue weighted by Crippen LogP contribution is 2.41. The van der Waals surface area contributed by atoms with Gasteiger partial charge >= 0.3 is 12.2 Å². The molecule has 5 heterocycles. The van der Waals surface area contributed by atoms with Crippen LogP contribution in [0.15, 0.2) is 22.9 Å². The van der Waals surface area contributed by atoms with Crippen LogP contribution in [-0.2, 0) is 28.7 Å². The molecule has 1 aromatic carbocycles. The summed E-state index contributed by atoms with van der Waals surface area (Å²) in [5.74, 6) is -2.44. The van der Waals surface area contributed by atoms with Crippen LogP contribution in [0.25, 0.3) is 0 Å². The van der Waals surface area contributed by atoms with Crippen molar-refractivity contribution in [2.24, 2.45) is 5.92 Å². The summed E-state index contributed by atoms with van der Waals surface area (Å²) in [5, 5.41) is 16.4. The first-order valence-electron chi connectivity index (χ1n) is 16.0. The quantitative estimate of drug-likeness (QED) is 0.385. The van der Waals surface area contributed by atoms with Crippen molar-refractivity contribution in [3.05, 3.63) is 44.6 Å². The Bertz CT molecular complexity index is 1450. The molecular weight excluding hydrogens is 643 g/mol. The number of fused-ring (bicyclic) bond motifs is 1. The predicted octanol–water partition coefficient (Wildman–Crippen LogP) is 5.80. The summed E-state index contributed by atoms with van der Waals surface area (Å²) in [6.45, 7) is 4.53. The largest absolute Gasteiger partial charge is 0.506 e. The number of carbonyl (C=O) groups is 3. The number of nitrogens with zero attached hydrogens (tertiary/aromatic N) is 4. The number of hydrogen-bond donors (Lipinski definition) is 2. The molecule has 46 heavy (non-hydrogen) atoms. The fourth-order valence-electron chi connectivity index (χ4n) is 7.40. The topological polar surface area (TPSA) is 96.4 Å². The Kier molecular flexibility index (Phi) is 9.73. The Morgan fingerprint density at radius 2 is 1.63 bits per heavy atom. The monoisotopic (exact) mass is 681 g/mol. The smallest absolute Gasteiger partial charge is 0.420 e. The van der Waals surface area contributed by atoms with E-state index in [-0.39, 0.29) is 42.3 Å². The molecular formula is C32H39ClF3N5O4S. The number of halogens is 4. The van der Waals surface area contributed by atoms with E-state index in [1.54, 1.807) is 9.80 Å². The van der Waals surface area contributed by atoms with Gasteiger partial charge in [0.15, 0.2) is 0 Å². The Balaban J connectivity index is 1.13. The van der Waals surface area contributed by atoms with Crippen molar-refractivity contribution in [1.82, 2.24) is 19.6 Å². The summed E-state index contributed by atoms with van der Waals surface area (Å²) in [7, 11) is 0. The Hall–Kier alpha value is -3.03. The number of urea groups is 1. The van der Waals surface area contributed by atoms with Gasteiger partial charge in [-0.1, -0.05) is 11.6 Å². The number of amides is 4. The molecule has 0 radical (unpaired) electrons. The molecule has 9 nitrogen and oxygen atoms in total. The number of nitrogens with one attached hydrogen (secondary N) is 1. The number of rotatable bonds is 7. The molecule has 0 unspecified atom stereocenters. The molecule has 0 aliphatic carbocycles. The van der Waals surface area contributed by atoms with E-state index in [1.165, 1.54) is 30.2 Å². The maximum Gasteiger partial charge on any atom is 0.420 e. The van der Waals surface area contributed by atoms with Gasteiger partial charge in [-0.2, -0.15) is 13.2 Å². The van der Waals surface area contributed by atoms with Gasteiger partial charge in [-0.3, -0.25) is 9.59 Å². The minimum Gasteiger partial charge on any atom is -0.506 e. The molecule has 1 aromatic heterocycles. The highest BCUT2D eigenvalue weighted by molar-refractivity contribution is 7.08. The number of alkyl halides is 3. The second kappa shape index (κ2) is 13.6. The molecule has 0 bridgehead atoms. The van der Waals surface area contributed by atoms with Crippen LogP contribution < -0.4 is 5.32 Å². The van der Waals surface area contributed by atoms with Crippen molar-refractivity contribution in [2.75, 3.05) is 44.6 Å². The number of anilines is 1. The predicted molar refractivity (Wildman–Crippen MR) is 169 cm³/mol. The molecule has 6 rings (SSSR count). The van der Waals surface area contributed by atoms with Gasteiger partial charge in [-0.05, 0) is 81.1 Å². The van der Waals surface area contributed by atoms with Crippen molar-refractivity contribution in [2.45, 2.75) is 76.2 Å². The molecule has 3 fully saturated rings. The summed E-state index contributed by atoms with van der Waals surface area (Å²) in [6.07, 6.45) is 0.0583. The second-order valence-electron chi connectivity index (χ2n) is 12.9. The summed E-state index contributed by atoms with van der Waals surface area (Å²) in [4.78, 5) is 48.0.